The second-order valence-corrected chi connectivity index (χ2v) is 7.41. The molecule has 6 heterocycles. The Morgan fingerprint density at radius 2 is 2.14 bits per heavy atom. The van der Waals surface area contributed by atoms with Gasteiger partial charge in [-0.1, -0.05) is 12.2 Å². The monoisotopic (exact) mass is 304 g/mol. The third-order valence-electron chi connectivity index (χ3n) is 6.44. The van der Waals surface area contributed by atoms with Gasteiger partial charge < -0.3 is 19.6 Å². The van der Waals surface area contributed by atoms with Gasteiger partial charge in [-0.05, 0) is 31.8 Å². The summed E-state index contributed by atoms with van der Waals surface area (Å²) in [5.74, 6) is -1.60. The number of hydrogen-bond acceptors (Lipinski definition) is 4. The fourth-order valence-electron chi connectivity index (χ4n) is 5.38. The van der Waals surface area contributed by atoms with Gasteiger partial charge in [-0.15, -0.1) is 0 Å². The molecule has 6 aliphatic heterocycles. The number of carboxylic acid groups (broad SMARTS) is 1. The number of nitrogens with zero attached hydrogens (tertiary/aromatic N) is 2. The normalized spacial score (nSPS) is 51.6. The van der Waals surface area contributed by atoms with Crippen LogP contribution in [0.25, 0.3) is 0 Å². The van der Waals surface area contributed by atoms with Crippen molar-refractivity contribution in [3.63, 3.8) is 0 Å². The first kappa shape index (κ1) is 13.1. The first-order valence-electron chi connectivity index (χ1n) is 8.22. The maximum Gasteiger partial charge on any atom is 0.310 e. The van der Waals surface area contributed by atoms with Gasteiger partial charge in [0.1, 0.15) is 11.5 Å². The molecule has 6 heteroatoms. The van der Waals surface area contributed by atoms with Gasteiger partial charge in [0, 0.05) is 12.6 Å². The smallest absolute Gasteiger partial charge is 0.310 e. The van der Waals surface area contributed by atoms with E-state index in [1.807, 2.05) is 17.1 Å². The maximum absolute atomic E-state index is 13.0. The van der Waals surface area contributed by atoms with E-state index in [4.69, 9.17) is 4.74 Å². The van der Waals surface area contributed by atoms with Crippen molar-refractivity contribution in [3.05, 3.63) is 12.2 Å². The van der Waals surface area contributed by atoms with E-state index in [-0.39, 0.29) is 11.9 Å². The highest BCUT2D eigenvalue weighted by atomic mass is 16.5. The molecule has 0 radical (unpaired) electrons. The van der Waals surface area contributed by atoms with Crippen molar-refractivity contribution in [3.8, 4) is 0 Å². The number of hydrogen-bond donors (Lipinski definition) is 1. The second kappa shape index (κ2) is 4.11. The lowest BCUT2D eigenvalue weighted by Crippen LogP contribution is -2.58. The summed E-state index contributed by atoms with van der Waals surface area (Å²) >= 11 is 0. The summed E-state index contributed by atoms with van der Waals surface area (Å²) < 4.78 is 5.96. The molecular formula is C16H20N2O4. The van der Waals surface area contributed by atoms with Crippen LogP contribution < -0.4 is 0 Å². The fraction of sp³-hybridized carbons (Fsp3) is 0.750. The van der Waals surface area contributed by atoms with Crippen molar-refractivity contribution in [1.29, 1.82) is 0 Å². The average Bonchev–Trinajstić information content (AvgIpc) is 3.16. The molecule has 1 amide bonds. The number of ether oxygens (including phenoxy) is 1. The molecule has 5 fully saturated rings. The minimum Gasteiger partial charge on any atom is -0.481 e. The van der Waals surface area contributed by atoms with E-state index < -0.39 is 29.5 Å². The van der Waals surface area contributed by atoms with Gasteiger partial charge in [0.05, 0.1) is 18.6 Å². The van der Waals surface area contributed by atoms with Crippen molar-refractivity contribution < 1.29 is 19.4 Å². The first-order valence-corrected chi connectivity index (χ1v) is 8.22. The number of aliphatic carboxylic acids is 1. The molecule has 5 atom stereocenters. The Kier molecular flexibility index (Phi) is 2.45. The lowest BCUT2D eigenvalue weighted by atomic mass is 9.77. The van der Waals surface area contributed by atoms with Crippen LogP contribution in [0.2, 0.25) is 0 Å². The summed E-state index contributed by atoms with van der Waals surface area (Å²) in [6.07, 6.45) is 5.64. The van der Waals surface area contributed by atoms with Crippen LogP contribution >= 0.6 is 0 Å². The minimum absolute atomic E-state index is 0.00185. The summed E-state index contributed by atoms with van der Waals surface area (Å²) in [5, 5.41) is 9.51. The van der Waals surface area contributed by atoms with Gasteiger partial charge in [-0.2, -0.15) is 0 Å². The molecule has 1 spiro atoms. The highest BCUT2D eigenvalue weighted by molar-refractivity contribution is 5.91. The molecule has 0 saturated carbocycles. The topological polar surface area (TPSA) is 70.1 Å². The lowest BCUT2D eigenvalue weighted by molar-refractivity contribution is -0.149. The molecule has 22 heavy (non-hydrogen) atoms. The van der Waals surface area contributed by atoms with Crippen LogP contribution in [-0.4, -0.2) is 70.7 Å². The number of amides is 1. The van der Waals surface area contributed by atoms with Crippen LogP contribution in [0.5, 0.6) is 0 Å². The molecule has 0 aromatic carbocycles. The van der Waals surface area contributed by atoms with E-state index in [1.165, 1.54) is 0 Å². The third-order valence-corrected chi connectivity index (χ3v) is 6.44. The van der Waals surface area contributed by atoms with Gasteiger partial charge in [0.2, 0.25) is 5.91 Å². The van der Waals surface area contributed by atoms with Crippen molar-refractivity contribution in [1.82, 2.24) is 9.80 Å². The minimum atomic E-state index is -0.912. The van der Waals surface area contributed by atoms with Crippen LogP contribution in [0, 0.1) is 17.8 Å². The standard InChI is InChI=1S/C16H20N2O4/c19-14-13-12(15(20)21)11-1-4-16(13,22-11)8-18(14)10-7-17-5-2-9(10)3-6-17/h1,4,9-13H,2-3,5-8H2,(H,20,21)/t10-,11-,12+,13+,16-/m1/s1. The average molecular weight is 304 g/mol. The van der Waals surface area contributed by atoms with Crippen LogP contribution in [0.3, 0.4) is 0 Å². The van der Waals surface area contributed by atoms with E-state index in [0.29, 0.717) is 12.5 Å². The molecule has 4 bridgehead atoms. The van der Waals surface area contributed by atoms with E-state index in [9.17, 15) is 14.7 Å². The molecule has 6 nitrogen and oxygen atoms in total. The largest absolute Gasteiger partial charge is 0.481 e. The number of likely N-dealkylation sites (tertiary alicyclic amines) is 1. The number of fused-ring (bicyclic) bond motifs is 4. The van der Waals surface area contributed by atoms with E-state index in [1.54, 1.807) is 0 Å². The van der Waals surface area contributed by atoms with Gasteiger partial charge in [-0.25, -0.2) is 0 Å². The zero-order valence-electron chi connectivity index (χ0n) is 12.4. The number of carbonyl (C=O) groups is 2. The van der Waals surface area contributed by atoms with Gasteiger partial charge in [0.15, 0.2) is 0 Å². The fourth-order valence-corrected chi connectivity index (χ4v) is 5.38. The van der Waals surface area contributed by atoms with Gasteiger partial charge in [0.25, 0.3) is 0 Å². The second-order valence-electron chi connectivity index (χ2n) is 7.41. The Bertz CT molecular complexity index is 583. The molecule has 6 aliphatic rings. The molecule has 0 aliphatic carbocycles. The Labute approximate surface area is 128 Å². The van der Waals surface area contributed by atoms with Crippen LogP contribution in [-0.2, 0) is 14.3 Å². The molecule has 5 saturated heterocycles. The van der Waals surface area contributed by atoms with E-state index >= 15 is 0 Å². The number of piperidine rings is 3. The highest BCUT2D eigenvalue weighted by Crippen LogP contribution is 2.53. The Balaban J connectivity index is 1.48. The SMILES string of the molecule is O=C(O)[C@@H]1[C@H]2C(=O)N([C@@H]3CN4CCC3CC4)C[C@]23C=C[C@H]1O3. The molecule has 0 unspecified atom stereocenters. The van der Waals surface area contributed by atoms with Crippen molar-refractivity contribution in [2.24, 2.45) is 17.8 Å². The summed E-state index contributed by atoms with van der Waals surface area (Å²) in [4.78, 5) is 29.0. The van der Waals surface area contributed by atoms with Crippen LogP contribution in [0.1, 0.15) is 12.8 Å². The quantitative estimate of drug-likeness (QED) is 0.724. The van der Waals surface area contributed by atoms with Gasteiger partial charge >= 0.3 is 5.97 Å². The summed E-state index contributed by atoms with van der Waals surface area (Å²) in [7, 11) is 0. The van der Waals surface area contributed by atoms with Gasteiger partial charge in [-0.3, -0.25) is 9.59 Å². The van der Waals surface area contributed by atoms with Crippen molar-refractivity contribution in [2.45, 2.75) is 30.6 Å². The third kappa shape index (κ3) is 1.47. The molecule has 118 valence electrons. The highest BCUT2D eigenvalue weighted by Gasteiger charge is 2.68. The van der Waals surface area contributed by atoms with Crippen molar-refractivity contribution in [2.75, 3.05) is 26.2 Å². The number of rotatable bonds is 2. The predicted molar refractivity (Wildman–Crippen MR) is 76.0 cm³/mol. The van der Waals surface area contributed by atoms with Crippen LogP contribution in [0.15, 0.2) is 12.2 Å². The summed E-state index contributed by atoms with van der Waals surface area (Å²) in [6.45, 7) is 3.73. The number of carbonyl (C=O) groups excluding carboxylic acids is 1. The predicted octanol–water partition coefficient (Wildman–Crippen LogP) is -0.0528. The van der Waals surface area contributed by atoms with Crippen molar-refractivity contribution >= 4 is 11.9 Å². The van der Waals surface area contributed by atoms with E-state index in [2.05, 4.69) is 4.90 Å². The Hall–Kier alpha value is -1.40. The summed E-state index contributed by atoms with van der Waals surface area (Å²) in [5.41, 5.74) is -0.684. The lowest BCUT2D eigenvalue weighted by Gasteiger charge is -2.48. The Morgan fingerprint density at radius 1 is 1.36 bits per heavy atom. The number of carboxylic acids is 1. The molecule has 0 aromatic heterocycles. The van der Waals surface area contributed by atoms with Crippen LogP contribution in [0.4, 0.5) is 0 Å². The maximum atomic E-state index is 13.0. The zero-order chi connectivity index (χ0) is 15.1. The molecular weight excluding hydrogens is 284 g/mol. The molecule has 6 rings (SSSR count). The van der Waals surface area contributed by atoms with E-state index in [0.717, 1.165) is 32.5 Å². The Morgan fingerprint density at radius 3 is 2.77 bits per heavy atom. The first-order chi connectivity index (χ1) is 10.6. The molecule has 0 aromatic rings. The summed E-state index contributed by atoms with van der Waals surface area (Å²) in [6, 6.07) is 0.237. The zero-order valence-corrected chi connectivity index (χ0v) is 12.4. The molecule has 1 N–H and O–H groups in total.